The van der Waals surface area contributed by atoms with Crippen molar-refractivity contribution in [1.29, 1.82) is 0 Å². The Morgan fingerprint density at radius 3 is 2.71 bits per heavy atom. The Morgan fingerprint density at radius 2 is 2.10 bits per heavy atom. The van der Waals surface area contributed by atoms with Crippen molar-refractivity contribution in [3.63, 3.8) is 0 Å². The highest BCUT2D eigenvalue weighted by Gasteiger charge is 2.38. The predicted octanol–water partition coefficient (Wildman–Crippen LogP) is 2.17. The first-order valence-corrected chi connectivity index (χ1v) is 7.21. The zero-order chi connectivity index (χ0) is 15.6. The zero-order valence-corrected chi connectivity index (χ0v) is 12.6. The average Bonchev–Trinajstić information content (AvgIpc) is 2.73. The second-order valence-corrected chi connectivity index (χ2v) is 6.03. The quantitative estimate of drug-likeness (QED) is 0.520. The fourth-order valence-electron chi connectivity index (χ4n) is 1.80. The van der Waals surface area contributed by atoms with E-state index in [4.69, 9.17) is 17.3 Å². The summed E-state index contributed by atoms with van der Waals surface area (Å²) in [6, 6.07) is 5.74. The smallest absolute Gasteiger partial charge is 0.326 e. The van der Waals surface area contributed by atoms with Gasteiger partial charge in [0.1, 0.15) is 16.6 Å². The number of nitrogens with zero attached hydrogens (tertiary/aromatic N) is 1. The van der Waals surface area contributed by atoms with E-state index in [1.165, 1.54) is 6.92 Å². The SMILES string of the molecule is CC(C(=O)O)N1C(=O)/C(=C/c2cccc(C=O)c2)SC1=S. The molecular weight excluding hydrogens is 310 g/mol. The van der Waals surface area contributed by atoms with E-state index in [1.807, 2.05) is 0 Å². The zero-order valence-electron chi connectivity index (χ0n) is 11.0. The number of carbonyl (C=O) groups is 3. The van der Waals surface area contributed by atoms with Crippen molar-refractivity contribution in [1.82, 2.24) is 4.90 Å². The Labute approximate surface area is 130 Å². The molecule has 1 aliphatic heterocycles. The van der Waals surface area contributed by atoms with Gasteiger partial charge < -0.3 is 5.11 Å². The molecule has 0 radical (unpaired) electrons. The van der Waals surface area contributed by atoms with Gasteiger partial charge in [-0.2, -0.15) is 0 Å². The number of amides is 1. The van der Waals surface area contributed by atoms with Crippen molar-refractivity contribution in [3.8, 4) is 0 Å². The number of carboxylic acid groups (broad SMARTS) is 1. The van der Waals surface area contributed by atoms with Crippen LogP contribution in [0.4, 0.5) is 0 Å². The van der Waals surface area contributed by atoms with Crippen LogP contribution in [0, 0.1) is 0 Å². The molecule has 1 atom stereocenters. The first kappa shape index (κ1) is 15.4. The van der Waals surface area contributed by atoms with Crippen LogP contribution in [-0.4, -0.2) is 38.5 Å². The fourth-order valence-corrected chi connectivity index (χ4v) is 3.22. The van der Waals surface area contributed by atoms with Gasteiger partial charge in [-0.1, -0.05) is 42.2 Å². The van der Waals surface area contributed by atoms with Crippen LogP contribution < -0.4 is 0 Å². The molecule has 0 spiro atoms. The van der Waals surface area contributed by atoms with Crippen LogP contribution in [0.3, 0.4) is 0 Å². The lowest BCUT2D eigenvalue weighted by Crippen LogP contribution is -2.41. The van der Waals surface area contributed by atoms with E-state index in [1.54, 1.807) is 30.3 Å². The Balaban J connectivity index is 2.31. The summed E-state index contributed by atoms with van der Waals surface area (Å²) in [7, 11) is 0. The number of rotatable bonds is 4. The summed E-state index contributed by atoms with van der Waals surface area (Å²) in [5.74, 6) is -1.55. The van der Waals surface area contributed by atoms with Crippen molar-refractivity contribution in [2.24, 2.45) is 0 Å². The van der Waals surface area contributed by atoms with Crippen molar-refractivity contribution >= 4 is 52.5 Å². The van der Waals surface area contributed by atoms with Crippen molar-refractivity contribution in [2.75, 3.05) is 0 Å². The van der Waals surface area contributed by atoms with E-state index in [-0.39, 0.29) is 4.32 Å². The van der Waals surface area contributed by atoms with Crippen LogP contribution in [0.15, 0.2) is 29.2 Å². The molecule has 1 aromatic rings. The predicted molar refractivity (Wildman–Crippen MR) is 83.9 cm³/mol. The van der Waals surface area contributed by atoms with Gasteiger partial charge >= 0.3 is 5.97 Å². The van der Waals surface area contributed by atoms with Crippen LogP contribution >= 0.6 is 24.0 Å². The van der Waals surface area contributed by atoms with Gasteiger partial charge in [0, 0.05) is 5.56 Å². The lowest BCUT2D eigenvalue weighted by Gasteiger charge is -2.18. The molecule has 0 aromatic heterocycles. The average molecular weight is 321 g/mol. The lowest BCUT2D eigenvalue weighted by molar-refractivity contribution is -0.144. The molecule has 7 heteroatoms. The monoisotopic (exact) mass is 321 g/mol. The minimum atomic E-state index is -1.12. The number of thiocarbonyl (C=S) groups is 1. The Kier molecular flexibility index (Phi) is 4.54. The molecule has 108 valence electrons. The molecular formula is C14H11NO4S2. The van der Waals surface area contributed by atoms with Crippen LogP contribution in [0.2, 0.25) is 0 Å². The van der Waals surface area contributed by atoms with E-state index in [9.17, 15) is 14.4 Å². The maximum absolute atomic E-state index is 12.2. The second kappa shape index (κ2) is 6.19. The van der Waals surface area contributed by atoms with Crippen molar-refractivity contribution in [2.45, 2.75) is 13.0 Å². The van der Waals surface area contributed by atoms with Gasteiger partial charge in [0.25, 0.3) is 5.91 Å². The Hall–Kier alpha value is -1.99. The third-order valence-electron chi connectivity index (χ3n) is 2.91. The van der Waals surface area contributed by atoms with Crippen LogP contribution in [0.5, 0.6) is 0 Å². The van der Waals surface area contributed by atoms with Gasteiger partial charge in [0.2, 0.25) is 0 Å². The van der Waals surface area contributed by atoms with E-state index >= 15 is 0 Å². The van der Waals surface area contributed by atoms with Crippen LogP contribution in [0.1, 0.15) is 22.8 Å². The topological polar surface area (TPSA) is 74.7 Å². The molecule has 1 fully saturated rings. The molecule has 21 heavy (non-hydrogen) atoms. The molecule has 1 saturated heterocycles. The van der Waals surface area contributed by atoms with Gasteiger partial charge in [-0.05, 0) is 24.6 Å². The molecule has 0 saturated carbocycles. The number of hydrogen-bond acceptors (Lipinski definition) is 5. The summed E-state index contributed by atoms with van der Waals surface area (Å²) < 4.78 is 0.215. The van der Waals surface area contributed by atoms with E-state index in [2.05, 4.69) is 0 Å². The largest absolute Gasteiger partial charge is 0.480 e. The number of carboxylic acids is 1. The number of carbonyl (C=O) groups excluding carboxylic acids is 2. The molecule has 1 N–H and O–H groups in total. The highest BCUT2D eigenvalue weighted by atomic mass is 32.2. The number of aldehydes is 1. The first-order chi connectivity index (χ1) is 9.93. The van der Waals surface area contributed by atoms with Gasteiger partial charge in [-0.3, -0.25) is 14.5 Å². The number of aliphatic carboxylic acids is 1. The molecule has 0 bridgehead atoms. The number of thioether (sulfide) groups is 1. The maximum atomic E-state index is 12.2. The van der Waals surface area contributed by atoms with Crippen LogP contribution in [0.25, 0.3) is 6.08 Å². The van der Waals surface area contributed by atoms with Crippen molar-refractivity contribution in [3.05, 3.63) is 40.3 Å². The van der Waals surface area contributed by atoms with Gasteiger partial charge in [0.15, 0.2) is 0 Å². The summed E-state index contributed by atoms with van der Waals surface area (Å²) in [6.45, 7) is 1.41. The first-order valence-electron chi connectivity index (χ1n) is 5.99. The Morgan fingerprint density at radius 1 is 1.43 bits per heavy atom. The maximum Gasteiger partial charge on any atom is 0.326 e. The highest BCUT2D eigenvalue weighted by molar-refractivity contribution is 8.26. The second-order valence-electron chi connectivity index (χ2n) is 4.35. The summed E-state index contributed by atoms with van der Waals surface area (Å²) in [4.78, 5) is 35.4. The highest BCUT2D eigenvalue weighted by Crippen LogP contribution is 2.33. The summed E-state index contributed by atoms with van der Waals surface area (Å²) in [5.41, 5.74) is 1.18. The number of benzene rings is 1. The molecule has 1 aliphatic rings. The molecule has 1 amide bonds. The normalized spacial score (nSPS) is 18.1. The molecule has 1 aromatic carbocycles. The number of hydrogen-bond donors (Lipinski definition) is 1. The molecule has 2 rings (SSSR count). The molecule has 1 heterocycles. The minimum absolute atomic E-state index is 0.215. The summed E-state index contributed by atoms with van der Waals surface area (Å²) in [6.07, 6.45) is 2.32. The van der Waals surface area contributed by atoms with Crippen LogP contribution in [-0.2, 0) is 9.59 Å². The van der Waals surface area contributed by atoms with Gasteiger partial charge in [0.05, 0.1) is 4.91 Å². The lowest BCUT2D eigenvalue weighted by atomic mass is 10.1. The third-order valence-corrected chi connectivity index (χ3v) is 4.24. The van der Waals surface area contributed by atoms with Gasteiger partial charge in [-0.25, -0.2) is 4.79 Å². The molecule has 5 nitrogen and oxygen atoms in total. The van der Waals surface area contributed by atoms with E-state index < -0.39 is 17.9 Å². The van der Waals surface area contributed by atoms with E-state index in [0.717, 1.165) is 22.9 Å². The standard InChI is InChI=1S/C14H11NO4S2/c1-8(13(18)19)15-12(17)11(21-14(15)20)6-9-3-2-4-10(5-9)7-16/h2-8H,1H3,(H,18,19)/b11-6-. The van der Waals surface area contributed by atoms with Crippen molar-refractivity contribution < 1.29 is 19.5 Å². The summed E-state index contributed by atoms with van der Waals surface area (Å²) in [5, 5.41) is 9.00. The Bertz CT molecular complexity index is 669. The molecule has 0 aliphatic carbocycles. The third kappa shape index (κ3) is 3.20. The fraction of sp³-hybridized carbons (Fsp3) is 0.143. The molecule has 1 unspecified atom stereocenters. The van der Waals surface area contributed by atoms with Gasteiger partial charge in [-0.15, -0.1) is 0 Å². The van der Waals surface area contributed by atoms with E-state index in [0.29, 0.717) is 16.0 Å². The summed E-state index contributed by atoms with van der Waals surface area (Å²) >= 11 is 6.12. The minimum Gasteiger partial charge on any atom is -0.480 e.